The minimum atomic E-state index is -0.216. The molecule has 4 nitrogen and oxygen atoms in total. The molecular formula is C21H20FN3O. The Hall–Kier alpha value is -2.66. The van der Waals surface area contributed by atoms with Crippen LogP contribution in [0.5, 0.6) is 0 Å². The molecule has 1 fully saturated rings. The number of benzene rings is 2. The number of ether oxygens (including phenoxy) is 1. The van der Waals surface area contributed by atoms with Crippen LogP contribution in [0.2, 0.25) is 0 Å². The van der Waals surface area contributed by atoms with Crippen LogP contribution in [0.25, 0.3) is 27.5 Å². The number of aromatic amines is 1. The molecule has 2 aromatic heterocycles. The second kappa shape index (κ2) is 5.95. The molecule has 1 N–H and O–H groups in total. The predicted molar refractivity (Wildman–Crippen MR) is 100 cm³/mol. The van der Waals surface area contributed by atoms with E-state index in [1.54, 1.807) is 0 Å². The Kier molecular flexibility index (Phi) is 3.57. The van der Waals surface area contributed by atoms with E-state index < -0.39 is 0 Å². The Bertz CT molecular complexity index is 1090. The normalized spacial score (nSPS) is 15.9. The number of H-pyrrole nitrogens is 1. The quantitative estimate of drug-likeness (QED) is 0.562. The van der Waals surface area contributed by atoms with Gasteiger partial charge in [0.1, 0.15) is 5.82 Å². The molecule has 4 aromatic rings. The molecule has 0 spiro atoms. The lowest BCUT2D eigenvalue weighted by atomic mass is 9.93. The molecule has 0 aliphatic carbocycles. The van der Waals surface area contributed by atoms with Crippen LogP contribution in [0, 0.1) is 12.7 Å². The maximum absolute atomic E-state index is 13.5. The van der Waals surface area contributed by atoms with Crippen molar-refractivity contribution in [3.63, 3.8) is 0 Å². The highest BCUT2D eigenvalue weighted by molar-refractivity contribution is 5.98. The molecule has 0 radical (unpaired) electrons. The Morgan fingerprint density at radius 2 is 1.92 bits per heavy atom. The van der Waals surface area contributed by atoms with E-state index in [-0.39, 0.29) is 5.82 Å². The molecule has 0 saturated carbocycles. The van der Waals surface area contributed by atoms with Gasteiger partial charge in [-0.25, -0.2) is 4.39 Å². The monoisotopic (exact) mass is 349 g/mol. The van der Waals surface area contributed by atoms with Gasteiger partial charge in [0.15, 0.2) is 0 Å². The molecule has 132 valence electrons. The summed E-state index contributed by atoms with van der Waals surface area (Å²) in [7, 11) is 0. The highest BCUT2D eigenvalue weighted by atomic mass is 19.1. The lowest BCUT2D eigenvalue weighted by Crippen LogP contribution is -2.17. The van der Waals surface area contributed by atoms with Crippen molar-refractivity contribution < 1.29 is 9.13 Å². The number of halogens is 1. The average Bonchev–Trinajstić information content (AvgIpc) is 3.24. The van der Waals surface area contributed by atoms with Gasteiger partial charge < -0.3 is 9.30 Å². The van der Waals surface area contributed by atoms with E-state index in [0.29, 0.717) is 5.92 Å². The Morgan fingerprint density at radius 1 is 1.15 bits per heavy atom. The van der Waals surface area contributed by atoms with Gasteiger partial charge >= 0.3 is 0 Å². The summed E-state index contributed by atoms with van der Waals surface area (Å²) in [5.41, 5.74) is 5.77. The third-order valence-corrected chi connectivity index (χ3v) is 5.52. The number of fused-ring (bicyclic) bond motifs is 2. The first-order valence-corrected chi connectivity index (χ1v) is 9.04. The van der Waals surface area contributed by atoms with E-state index in [0.717, 1.165) is 48.2 Å². The smallest absolute Gasteiger partial charge is 0.123 e. The number of hydrogen-bond donors (Lipinski definition) is 1. The molecule has 0 atom stereocenters. The fraction of sp³-hybridized carbons (Fsp3) is 0.286. The third kappa shape index (κ3) is 2.35. The zero-order chi connectivity index (χ0) is 17.7. The highest BCUT2D eigenvalue weighted by Crippen LogP contribution is 2.39. The van der Waals surface area contributed by atoms with Crippen molar-refractivity contribution in [3.05, 3.63) is 59.7 Å². The third-order valence-electron chi connectivity index (χ3n) is 5.52. The second-order valence-corrected chi connectivity index (χ2v) is 7.04. The number of rotatable bonds is 2. The molecule has 1 aliphatic rings. The molecule has 5 heteroatoms. The van der Waals surface area contributed by atoms with Crippen molar-refractivity contribution in [2.75, 3.05) is 13.2 Å². The van der Waals surface area contributed by atoms with Gasteiger partial charge in [0, 0.05) is 41.3 Å². The molecule has 5 rings (SSSR count). The molecular weight excluding hydrogens is 329 g/mol. The van der Waals surface area contributed by atoms with Crippen molar-refractivity contribution in [3.8, 4) is 5.69 Å². The lowest BCUT2D eigenvalue weighted by Gasteiger charge is -2.25. The van der Waals surface area contributed by atoms with Gasteiger partial charge in [-0.3, -0.25) is 5.10 Å². The summed E-state index contributed by atoms with van der Waals surface area (Å²) in [6.07, 6.45) is 3.87. The van der Waals surface area contributed by atoms with E-state index in [1.165, 1.54) is 28.8 Å². The van der Waals surface area contributed by atoms with Gasteiger partial charge in [-0.15, -0.1) is 0 Å². The van der Waals surface area contributed by atoms with Crippen LogP contribution in [-0.2, 0) is 4.74 Å². The van der Waals surface area contributed by atoms with Gasteiger partial charge in [0.25, 0.3) is 0 Å². The van der Waals surface area contributed by atoms with Gasteiger partial charge in [-0.1, -0.05) is 0 Å². The standard InChI is InChI=1S/C21H20FN3O/c1-13-18-11-19-15(12-23-24-19)10-20(18)25(17-4-2-16(22)3-5-17)21(13)14-6-8-26-9-7-14/h2-5,10-12,14H,6-9H2,1H3,(H,23,24). The van der Waals surface area contributed by atoms with Gasteiger partial charge in [0.05, 0.1) is 17.2 Å². The Balaban J connectivity index is 1.83. The predicted octanol–water partition coefficient (Wildman–Crippen LogP) is 4.85. The fourth-order valence-electron chi connectivity index (χ4n) is 4.23. The number of nitrogens with one attached hydrogen (secondary N) is 1. The van der Waals surface area contributed by atoms with Crippen molar-refractivity contribution in [2.45, 2.75) is 25.7 Å². The topological polar surface area (TPSA) is 42.8 Å². The highest BCUT2D eigenvalue weighted by Gasteiger charge is 2.25. The molecule has 0 unspecified atom stereocenters. The summed E-state index contributed by atoms with van der Waals surface area (Å²) in [4.78, 5) is 0. The molecule has 1 aliphatic heterocycles. The minimum absolute atomic E-state index is 0.216. The molecule has 0 bridgehead atoms. The summed E-state index contributed by atoms with van der Waals surface area (Å²) >= 11 is 0. The SMILES string of the molecule is Cc1c(C2CCOCC2)n(-c2ccc(F)cc2)c2cc3cn[nH]c3cc12. The maximum Gasteiger partial charge on any atom is 0.123 e. The number of hydrogen-bond acceptors (Lipinski definition) is 2. The van der Waals surface area contributed by atoms with Crippen LogP contribution in [0.4, 0.5) is 4.39 Å². The second-order valence-electron chi connectivity index (χ2n) is 7.04. The van der Waals surface area contributed by atoms with E-state index in [9.17, 15) is 4.39 Å². The van der Waals surface area contributed by atoms with E-state index in [4.69, 9.17) is 4.74 Å². The Morgan fingerprint density at radius 3 is 2.69 bits per heavy atom. The number of nitrogens with zero attached hydrogens (tertiary/aromatic N) is 2. The van der Waals surface area contributed by atoms with Crippen molar-refractivity contribution in [2.24, 2.45) is 0 Å². The van der Waals surface area contributed by atoms with Crippen LogP contribution < -0.4 is 0 Å². The lowest BCUT2D eigenvalue weighted by molar-refractivity contribution is 0.0841. The summed E-state index contributed by atoms with van der Waals surface area (Å²) in [6, 6.07) is 11.1. The van der Waals surface area contributed by atoms with E-state index in [2.05, 4.69) is 33.8 Å². The van der Waals surface area contributed by atoms with Crippen LogP contribution in [0.15, 0.2) is 42.6 Å². The minimum Gasteiger partial charge on any atom is -0.381 e. The largest absolute Gasteiger partial charge is 0.381 e. The fourth-order valence-corrected chi connectivity index (χ4v) is 4.23. The summed E-state index contributed by atoms with van der Waals surface area (Å²) in [6.45, 7) is 3.77. The van der Waals surface area contributed by atoms with Gasteiger partial charge in [-0.05, 0) is 61.7 Å². The molecule has 0 amide bonds. The van der Waals surface area contributed by atoms with Crippen LogP contribution in [0.3, 0.4) is 0 Å². The first-order chi connectivity index (χ1) is 12.7. The van der Waals surface area contributed by atoms with Crippen LogP contribution in [-0.4, -0.2) is 28.0 Å². The first-order valence-electron chi connectivity index (χ1n) is 9.04. The van der Waals surface area contributed by atoms with E-state index >= 15 is 0 Å². The number of aryl methyl sites for hydroxylation is 1. The average molecular weight is 349 g/mol. The maximum atomic E-state index is 13.5. The first kappa shape index (κ1) is 15.6. The molecule has 2 aromatic carbocycles. The number of aromatic nitrogens is 3. The van der Waals surface area contributed by atoms with Crippen LogP contribution in [0.1, 0.15) is 30.0 Å². The van der Waals surface area contributed by atoms with E-state index in [1.807, 2.05) is 18.3 Å². The van der Waals surface area contributed by atoms with Gasteiger partial charge in [-0.2, -0.15) is 5.10 Å². The molecule has 3 heterocycles. The van der Waals surface area contributed by atoms with Crippen molar-refractivity contribution >= 4 is 21.8 Å². The summed E-state index contributed by atoms with van der Waals surface area (Å²) in [5.74, 6) is 0.226. The zero-order valence-corrected chi connectivity index (χ0v) is 14.6. The van der Waals surface area contributed by atoms with Crippen molar-refractivity contribution in [1.29, 1.82) is 0 Å². The zero-order valence-electron chi connectivity index (χ0n) is 14.6. The Labute approximate surface area is 150 Å². The van der Waals surface area contributed by atoms with Crippen molar-refractivity contribution in [1.82, 2.24) is 14.8 Å². The molecule has 1 saturated heterocycles. The summed E-state index contributed by atoms with van der Waals surface area (Å²) in [5, 5.41) is 9.52. The molecule has 26 heavy (non-hydrogen) atoms. The van der Waals surface area contributed by atoms with Gasteiger partial charge in [0.2, 0.25) is 0 Å². The summed E-state index contributed by atoms with van der Waals surface area (Å²) < 4.78 is 21.4. The van der Waals surface area contributed by atoms with Crippen LogP contribution >= 0.6 is 0 Å².